The Hall–Kier alpha value is -2.18. The van der Waals surface area contributed by atoms with Gasteiger partial charge in [0, 0.05) is 31.6 Å². The molecule has 0 saturated carbocycles. The number of fused-ring (bicyclic) bond motifs is 1. The molecule has 2 aliphatic rings. The van der Waals surface area contributed by atoms with Gasteiger partial charge in [-0.15, -0.1) is 12.4 Å². The lowest BCUT2D eigenvalue weighted by molar-refractivity contribution is -0.0502. The first kappa shape index (κ1) is 20.6. The van der Waals surface area contributed by atoms with Gasteiger partial charge in [0.15, 0.2) is 0 Å². The molecule has 2 aliphatic heterocycles. The van der Waals surface area contributed by atoms with Gasteiger partial charge in [0.2, 0.25) is 0 Å². The maximum atomic E-state index is 13.0. The third-order valence-corrected chi connectivity index (χ3v) is 5.66. The number of nitrogens with zero attached hydrogens (tertiary/aromatic N) is 2. The van der Waals surface area contributed by atoms with Crippen molar-refractivity contribution in [3.63, 3.8) is 0 Å². The van der Waals surface area contributed by atoms with Gasteiger partial charge in [-0.1, -0.05) is 42.5 Å². The number of likely N-dealkylation sites (tertiary alicyclic amines) is 2. The van der Waals surface area contributed by atoms with Gasteiger partial charge in [0.1, 0.15) is 5.75 Å². The molecule has 0 N–H and O–H groups in total. The quantitative estimate of drug-likeness (QED) is 0.764. The summed E-state index contributed by atoms with van der Waals surface area (Å²) in [5.74, 6) is 0.415. The third-order valence-electron chi connectivity index (χ3n) is 5.66. The Morgan fingerprint density at radius 1 is 1.04 bits per heavy atom. The number of rotatable bonds is 4. The fourth-order valence-corrected chi connectivity index (χ4v) is 4.59. The zero-order chi connectivity index (χ0) is 19.0. The van der Waals surface area contributed by atoms with E-state index in [9.17, 15) is 13.6 Å². The van der Waals surface area contributed by atoms with Crippen LogP contribution in [0.1, 0.15) is 22.0 Å². The van der Waals surface area contributed by atoms with Crippen molar-refractivity contribution in [2.24, 2.45) is 11.8 Å². The highest BCUT2D eigenvalue weighted by Crippen LogP contribution is 2.44. The van der Waals surface area contributed by atoms with Crippen LogP contribution in [-0.2, 0) is 0 Å². The van der Waals surface area contributed by atoms with Crippen LogP contribution in [0.4, 0.5) is 8.78 Å². The Balaban J connectivity index is 0.00000225. The summed E-state index contributed by atoms with van der Waals surface area (Å²) in [6.07, 6.45) is 0. The molecule has 4 rings (SSSR count). The van der Waals surface area contributed by atoms with E-state index in [1.54, 1.807) is 23.1 Å². The predicted octanol–water partition coefficient (Wildman–Crippen LogP) is 4.08. The first-order valence-electron chi connectivity index (χ1n) is 9.13. The Morgan fingerprint density at radius 3 is 2.43 bits per heavy atom. The predicted molar refractivity (Wildman–Crippen MR) is 105 cm³/mol. The van der Waals surface area contributed by atoms with E-state index < -0.39 is 6.61 Å². The smallest absolute Gasteiger partial charge is 0.387 e. The Labute approximate surface area is 169 Å². The van der Waals surface area contributed by atoms with Crippen LogP contribution in [0.15, 0.2) is 54.6 Å². The summed E-state index contributed by atoms with van der Waals surface area (Å²) in [4.78, 5) is 17.1. The topological polar surface area (TPSA) is 32.8 Å². The van der Waals surface area contributed by atoms with Gasteiger partial charge in [-0.2, -0.15) is 8.78 Å². The minimum Gasteiger partial charge on any atom is -0.434 e. The first-order valence-corrected chi connectivity index (χ1v) is 9.13. The van der Waals surface area contributed by atoms with Crippen LogP contribution >= 0.6 is 12.4 Å². The molecular weight excluding hydrogens is 386 g/mol. The highest BCUT2D eigenvalue weighted by molar-refractivity contribution is 5.97. The zero-order valence-corrected chi connectivity index (χ0v) is 16.3. The highest BCUT2D eigenvalue weighted by atomic mass is 35.5. The Bertz CT molecular complexity index is 821. The molecule has 28 heavy (non-hydrogen) atoms. The van der Waals surface area contributed by atoms with E-state index in [-0.39, 0.29) is 35.7 Å². The molecular formula is C21H23ClF2N2O2. The van der Waals surface area contributed by atoms with E-state index in [1.165, 1.54) is 11.6 Å². The van der Waals surface area contributed by atoms with Crippen LogP contribution < -0.4 is 4.74 Å². The van der Waals surface area contributed by atoms with Crippen LogP contribution in [0.3, 0.4) is 0 Å². The van der Waals surface area contributed by atoms with Gasteiger partial charge in [-0.3, -0.25) is 9.69 Å². The van der Waals surface area contributed by atoms with Crippen LogP contribution in [-0.4, -0.2) is 49.0 Å². The van der Waals surface area contributed by atoms with Crippen LogP contribution in [0, 0.1) is 11.8 Å². The summed E-state index contributed by atoms with van der Waals surface area (Å²) >= 11 is 0. The SMILES string of the molecule is CN1C[C@H]2CN(C(=O)c3ccccc3OC(F)F)C[C@H]2[C@@H]1c1ccccc1.Cl. The number of carbonyl (C=O) groups is 1. The normalized spacial score (nSPS) is 24.1. The summed E-state index contributed by atoms with van der Waals surface area (Å²) < 4.78 is 29.9. The molecule has 7 heteroatoms. The van der Waals surface area contributed by atoms with Gasteiger partial charge in [0.05, 0.1) is 5.56 Å². The maximum absolute atomic E-state index is 13.0. The molecule has 0 aromatic heterocycles. The summed E-state index contributed by atoms with van der Waals surface area (Å²) in [5.41, 5.74) is 1.45. The minimum atomic E-state index is -2.95. The van der Waals surface area contributed by atoms with E-state index in [2.05, 4.69) is 28.8 Å². The van der Waals surface area contributed by atoms with Crippen molar-refractivity contribution < 1.29 is 18.3 Å². The molecule has 4 nitrogen and oxygen atoms in total. The van der Waals surface area contributed by atoms with Crippen molar-refractivity contribution in [1.29, 1.82) is 0 Å². The van der Waals surface area contributed by atoms with Crippen molar-refractivity contribution >= 4 is 18.3 Å². The minimum absolute atomic E-state index is 0. The zero-order valence-electron chi connectivity index (χ0n) is 15.5. The van der Waals surface area contributed by atoms with Crippen molar-refractivity contribution in [2.45, 2.75) is 12.7 Å². The second-order valence-corrected chi connectivity index (χ2v) is 7.30. The number of ether oxygens (including phenoxy) is 1. The Kier molecular flexibility index (Phi) is 6.20. The molecule has 2 fully saturated rings. The van der Waals surface area contributed by atoms with Crippen molar-refractivity contribution in [1.82, 2.24) is 9.80 Å². The molecule has 3 atom stereocenters. The lowest BCUT2D eigenvalue weighted by Gasteiger charge is -2.27. The van der Waals surface area contributed by atoms with Crippen LogP contribution in [0.25, 0.3) is 0 Å². The molecule has 1 amide bonds. The first-order chi connectivity index (χ1) is 13.0. The largest absolute Gasteiger partial charge is 0.434 e. The van der Waals surface area contributed by atoms with Crippen molar-refractivity contribution in [3.05, 3.63) is 65.7 Å². The number of amides is 1. The van der Waals surface area contributed by atoms with E-state index in [0.29, 0.717) is 24.9 Å². The van der Waals surface area contributed by atoms with E-state index in [0.717, 1.165) is 6.54 Å². The summed E-state index contributed by atoms with van der Waals surface area (Å²) in [6.45, 7) is -0.771. The second kappa shape index (κ2) is 8.45. The monoisotopic (exact) mass is 408 g/mol. The number of carbonyl (C=O) groups excluding carboxylic acids is 1. The van der Waals surface area contributed by atoms with Crippen molar-refractivity contribution in [3.8, 4) is 5.75 Å². The average molecular weight is 409 g/mol. The molecule has 0 bridgehead atoms. The summed E-state index contributed by atoms with van der Waals surface area (Å²) in [6, 6.07) is 16.8. The van der Waals surface area contributed by atoms with Crippen LogP contribution in [0.5, 0.6) is 5.75 Å². The standard InChI is InChI=1S/C21H22F2N2O2.ClH/c1-24-11-15-12-25(13-17(15)19(24)14-7-3-2-4-8-14)20(26)16-9-5-6-10-18(16)27-21(22)23;/h2-10,15,17,19,21H,11-13H2,1H3;1H/t15-,17+,19-;/m0./s1. The molecule has 2 heterocycles. The molecule has 2 aromatic carbocycles. The van der Waals surface area contributed by atoms with Crippen molar-refractivity contribution in [2.75, 3.05) is 26.7 Å². The van der Waals surface area contributed by atoms with Gasteiger partial charge in [-0.05, 0) is 30.7 Å². The van der Waals surface area contributed by atoms with Gasteiger partial charge >= 0.3 is 6.61 Å². The van der Waals surface area contributed by atoms with Gasteiger partial charge in [-0.25, -0.2) is 0 Å². The molecule has 2 saturated heterocycles. The van der Waals surface area contributed by atoms with Gasteiger partial charge < -0.3 is 9.64 Å². The number of para-hydroxylation sites is 1. The second-order valence-electron chi connectivity index (χ2n) is 7.30. The van der Waals surface area contributed by atoms with Gasteiger partial charge in [0.25, 0.3) is 5.91 Å². The average Bonchev–Trinajstić information content (AvgIpc) is 3.18. The maximum Gasteiger partial charge on any atom is 0.387 e. The third kappa shape index (κ3) is 3.84. The lowest BCUT2D eigenvalue weighted by atomic mass is 9.90. The molecule has 0 radical (unpaired) electrons. The molecule has 0 aliphatic carbocycles. The number of alkyl halides is 2. The fourth-order valence-electron chi connectivity index (χ4n) is 4.59. The number of hydrogen-bond donors (Lipinski definition) is 0. The van der Waals surface area contributed by atoms with E-state index in [4.69, 9.17) is 0 Å². The molecule has 150 valence electrons. The molecule has 2 aromatic rings. The summed E-state index contributed by atoms with van der Waals surface area (Å²) in [5, 5.41) is 0. The number of halogens is 3. The number of hydrogen-bond acceptors (Lipinski definition) is 3. The molecule has 0 spiro atoms. The highest BCUT2D eigenvalue weighted by Gasteiger charge is 2.47. The lowest BCUT2D eigenvalue weighted by Crippen LogP contribution is -2.33. The van der Waals surface area contributed by atoms with E-state index >= 15 is 0 Å². The summed E-state index contributed by atoms with van der Waals surface area (Å²) in [7, 11) is 2.12. The van der Waals surface area contributed by atoms with E-state index in [1.807, 2.05) is 18.2 Å². The molecule has 0 unspecified atom stereocenters. The fraction of sp³-hybridized carbons (Fsp3) is 0.381. The van der Waals surface area contributed by atoms with Crippen LogP contribution in [0.2, 0.25) is 0 Å². The Morgan fingerprint density at radius 2 is 1.71 bits per heavy atom. The number of benzene rings is 2.